The van der Waals surface area contributed by atoms with Gasteiger partial charge in [-0.05, 0) is 13.3 Å². The first kappa shape index (κ1) is 18.5. The summed E-state index contributed by atoms with van der Waals surface area (Å²) in [6, 6.07) is -0.00920. The van der Waals surface area contributed by atoms with Crippen LogP contribution in [0.1, 0.15) is 20.3 Å². The Morgan fingerprint density at radius 1 is 1.52 bits per heavy atom. The zero-order valence-electron chi connectivity index (χ0n) is 15.1. The molecule has 1 aromatic rings. The van der Waals surface area contributed by atoms with Crippen LogP contribution in [-0.2, 0) is 16.1 Å². The van der Waals surface area contributed by atoms with E-state index in [1.807, 2.05) is 6.92 Å². The minimum Gasteiger partial charge on any atom is -0.477 e. The summed E-state index contributed by atoms with van der Waals surface area (Å²) in [4.78, 5) is 30.3. The van der Waals surface area contributed by atoms with E-state index in [4.69, 9.17) is 0 Å². The molecular formula is C17H23N5O4S. The van der Waals surface area contributed by atoms with Crippen LogP contribution in [0, 0.1) is 11.8 Å². The minimum absolute atomic E-state index is 0.0900. The van der Waals surface area contributed by atoms with Gasteiger partial charge in [-0.15, -0.1) is 11.8 Å². The number of nitrogens with one attached hydrogen (secondary N) is 1. The molecule has 0 spiro atoms. The molecule has 0 aliphatic carbocycles. The first-order valence-corrected chi connectivity index (χ1v) is 9.97. The number of carboxylic acids is 1. The van der Waals surface area contributed by atoms with Gasteiger partial charge >= 0.3 is 5.97 Å². The predicted octanol–water partition coefficient (Wildman–Crippen LogP) is -0.104. The van der Waals surface area contributed by atoms with E-state index in [-0.39, 0.29) is 34.9 Å². The maximum Gasteiger partial charge on any atom is 0.353 e. The minimum atomic E-state index is -1.07. The highest BCUT2D eigenvalue weighted by Gasteiger charge is 2.60. The Kier molecular flexibility index (Phi) is 4.73. The van der Waals surface area contributed by atoms with Crippen LogP contribution in [0.5, 0.6) is 0 Å². The number of nitrogens with zero attached hydrogens (tertiary/aromatic N) is 4. The summed E-state index contributed by atoms with van der Waals surface area (Å²) in [6.07, 6.45) is 3.29. The quantitative estimate of drug-likeness (QED) is 0.573. The number of thioether (sulfide) groups is 1. The molecule has 4 heterocycles. The standard InChI is InChI=1S/C17H23N5O4S/c1-8-13-12(9(2)23)16(24)22(13)14(17(25)26)15(8)27-11-3-10(19-4-11)5-21-7-18-6-20-21/h6-13,19,23H,3-5H2,1-2H3,(H,25,26)/t8-,9-,10+,11+,12-,13-/m1/s1. The van der Waals surface area contributed by atoms with E-state index in [9.17, 15) is 19.8 Å². The fraction of sp³-hybridized carbons (Fsp3) is 0.647. The Hall–Kier alpha value is -1.91. The lowest BCUT2D eigenvalue weighted by atomic mass is 9.79. The van der Waals surface area contributed by atoms with Crippen LogP contribution >= 0.6 is 11.8 Å². The molecule has 2 saturated heterocycles. The Bertz CT molecular complexity index is 780. The van der Waals surface area contributed by atoms with Gasteiger partial charge in [-0.1, -0.05) is 6.92 Å². The van der Waals surface area contributed by atoms with Crippen LogP contribution in [0.4, 0.5) is 0 Å². The van der Waals surface area contributed by atoms with Crippen molar-refractivity contribution >= 4 is 23.6 Å². The molecule has 4 rings (SSSR count). The molecule has 3 aliphatic rings. The van der Waals surface area contributed by atoms with Gasteiger partial charge in [-0.25, -0.2) is 9.78 Å². The summed E-state index contributed by atoms with van der Waals surface area (Å²) in [7, 11) is 0. The van der Waals surface area contributed by atoms with Crippen LogP contribution in [0.3, 0.4) is 0 Å². The normalized spacial score (nSPS) is 34.0. The largest absolute Gasteiger partial charge is 0.477 e. The summed E-state index contributed by atoms with van der Waals surface area (Å²) in [5.41, 5.74) is 0.0964. The molecule has 0 saturated carbocycles. The van der Waals surface area contributed by atoms with E-state index in [1.54, 1.807) is 29.7 Å². The number of hydrogen-bond donors (Lipinski definition) is 3. The zero-order valence-corrected chi connectivity index (χ0v) is 16.0. The third kappa shape index (κ3) is 3.05. The van der Waals surface area contributed by atoms with Crippen LogP contribution in [-0.4, -0.2) is 71.7 Å². The van der Waals surface area contributed by atoms with Crippen molar-refractivity contribution in [1.82, 2.24) is 25.0 Å². The average Bonchev–Trinajstić information content (AvgIpc) is 3.30. The zero-order chi connectivity index (χ0) is 19.3. The molecule has 1 amide bonds. The Morgan fingerprint density at radius 2 is 2.30 bits per heavy atom. The molecule has 27 heavy (non-hydrogen) atoms. The van der Waals surface area contributed by atoms with E-state index in [0.29, 0.717) is 0 Å². The maximum atomic E-state index is 12.4. The predicted molar refractivity (Wildman–Crippen MR) is 97.4 cm³/mol. The van der Waals surface area contributed by atoms with Crippen molar-refractivity contribution in [3.8, 4) is 0 Å². The number of β-lactam (4-membered cyclic amide) rings is 1. The molecule has 3 aliphatic heterocycles. The molecule has 0 radical (unpaired) electrons. The van der Waals surface area contributed by atoms with Gasteiger partial charge in [-0.2, -0.15) is 5.10 Å². The molecular weight excluding hydrogens is 370 g/mol. The van der Waals surface area contributed by atoms with E-state index in [1.165, 1.54) is 11.2 Å². The lowest BCUT2D eigenvalue weighted by Gasteiger charge is -2.46. The topological polar surface area (TPSA) is 121 Å². The number of aliphatic hydroxyl groups excluding tert-OH is 1. The molecule has 10 heteroatoms. The van der Waals surface area contributed by atoms with Crippen molar-refractivity contribution in [2.75, 3.05) is 6.54 Å². The first-order valence-electron chi connectivity index (χ1n) is 9.09. The van der Waals surface area contributed by atoms with E-state index in [2.05, 4.69) is 15.4 Å². The molecule has 3 N–H and O–H groups in total. The van der Waals surface area contributed by atoms with Crippen molar-refractivity contribution in [3.05, 3.63) is 23.3 Å². The second-order valence-corrected chi connectivity index (χ2v) is 8.81. The summed E-state index contributed by atoms with van der Waals surface area (Å²) in [6.45, 7) is 5.03. The smallest absolute Gasteiger partial charge is 0.353 e. The van der Waals surface area contributed by atoms with Crippen molar-refractivity contribution in [2.45, 2.75) is 50.3 Å². The molecule has 1 aromatic heterocycles. The summed E-state index contributed by atoms with van der Waals surface area (Å²) >= 11 is 1.55. The molecule has 0 aromatic carbocycles. The Morgan fingerprint density at radius 3 is 2.93 bits per heavy atom. The summed E-state index contributed by atoms with van der Waals surface area (Å²) in [5, 5.41) is 27.4. The van der Waals surface area contributed by atoms with E-state index >= 15 is 0 Å². The number of fused-ring (bicyclic) bond motifs is 1. The number of hydrogen-bond acceptors (Lipinski definition) is 7. The first-order chi connectivity index (χ1) is 12.9. The number of aliphatic hydroxyl groups is 1. The second-order valence-electron chi connectivity index (χ2n) is 7.47. The maximum absolute atomic E-state index is 12.4. The van der Waals surface area contributed by atoms with Gasteiger partial charge in [0.05, 0.1) is 24.6 Å². The molecule has 9 nitrogen and oxygen atoms in total. The number of carboxylic acid groups (broad SMARTS) is 1. The van der Waals surface area contributed by atoms with Crippen LogP contribution in [0.15, 0.2) is 23.3 Å². The highest BCUT2D eigenvalue weighted by molar-refractivity contribution is 8.03. The second kappa shape index (κ2) is 6.92. The lowest BCUT2D eigenvalue weighted by Crippen LogP contribution is -2.63. The summed E-state index contributed by atoms with van der Waals surface area (Å²) < 4.78 is 1.78. The molecule has 6 atom stereocenters. The van der Waals surface area contributed by atoms with Gasteiger partial charge in [0.1, 0.15) is 18.4 Å². The number of aromatic nitrogens is 3. The Labute approximate surface area is 160 Å². The number of rotatable bonds is 6. The average molecular weight is 393 g/mol. The molecule has 146 valence electrons. The van der Waals surface area contributed by atoms with Crippen LogP contribution < -0.4 is 5.32 Å². The fourth-order valence-electron chi connectivity index (χ4n) is 4.42. The fourth-order valence-corrected chi connectivity index (χ4v) is 5.94. The highest BCUT2D eigenvalue weighted by Crippen LogP contribution is 2.51. The molecule has 0 bridgehead atoms. The Balaban J connectivity index is 1.48. The SMILES string of the molecule is C[C@@H](O)[C@H]1C(=O)N2C(C(=O)O)=C(S[C@@H]3CN[C@H](Cn4cncn4)C3)[C@H](C)[C@H]12. The van der Waals surface area contributed by atoms with Gasteiger partial charge in [0.2, 0.25) is 5.91 Å². The van der Waals surface area contributed by atoms with Gasteiger partial charge in [0, 0.05) is 28.7 Å². The van der Waals surface area contributed by atoms with Crippen molar-refractivity contribution in [3.63, 3.8) is 0 Å². The third-order valence-electron chi connectivity index (χ3n) is 5.66. The third-order valence-corrected chi connectivity index (χ3v) is 7.17. The van der Waals surface area contributed by atoms with Gasteiger partial charge in [0.15, 0.2) is 0 Å². The van der Waals surface area contributed by atoms with Gasteiger partial charge < -0.3 is 20.4 Å². The lowest BCUT2D eigenvalue weighted by molar-refractivity contribution is -0.163. The number of carbonyl (C=O) groups excluding carboxylic acids is 1. The number of amides is 1. The van der Waals surface area contributed by atoms with Gasteiger partial charge in [-0.3, -0.25) is 9.48 Å². The monoisotopic (exact) mass is 393 g/mol. The van der Waals surface area contributed by atoms with Crippen molar-refractivity contribution in [1.29, 1.82) is 0 Å². The van der Waals surface area contributed by atoms with E-state index in [0.717, 1.165) is 24.4 Å². The van der Waals surface area contributed by atoms with Crippen molar-refractivity contribution < 1.29 is 19.8 Å². The summed E-state index contributed by atoms with van der Waals surface area (Å²) in [5.74, 6) is -1.97. The number of carbonyl (C=O) groups is 2. The number of aliphatic carboxylic acids is 1. The van der Waals surface area contributed by atoms with Crippen LogP contribution in [0.25, 0.3) is 0 Å². The van der Waals surface area contributed by atoms with Gasteiger partial charge in [0.25, 0.3) is 0 Å². The van der Waals surface area contributed by atoms with E-state index < -0.39 is 18.0 Å². The van der Waals surface area contributed by atoms with Crippen LogP contribution in [0.2, 0.25) is 0 Å². The van der Waals surface area contributed by atoms with Crippen molar-refractivity contribution in [2.24, 2.45) is 11.8 Å². The molecule has 0 unspecified atom stereocenters. The molecule has 2 fully saturated rings. The highest BCUT2D eigenvalue weighted by atomic mass is 32.2.